The third-order valence-corrected chi connectivity index (χ3v) is 0.658. The van der Waals surface area contributed by atoms with Gasteiger partial charge in [0.1, 0.15) is 0 Å². The van der Waals surface area contributed by atoms with E-state index in [0.29, 0.717) is 0 Å². The van der Waals surface area contributed by atoms with Crippen molar-refractivity contribution in [3.8, 4) is 0 Å². The molecule has 0 spiro atoms. The molecule has 8 heteroatoms. The van der Waals surface area contributed by atoms with Gasteiger partial charge >= 0.3 is 18.1 Å². The van der Waals surface area contributed by atoms with Crippen molar-refractivity contribution in [2.24, 2.45) is 0 Å². The first-order valence-electron chi connectivity index (χ1n) is 3.85. The maximum absolute atomic E-state index is 10.6. The average Bonchev–Trinajstić information content (AvgIpc) is 2.17. The molecule has 0 fully saturated rings. The predicted molar refractivity (Wildman–Crippen MR) is 52.9 cm³/mol. The molecule has 0 atom stereocenters. The van der Waals surface area contributed by atoms with Crippen molar-refractivity contribution < 1.29 is 37.3 Å². The van der Waals surface area contributed by atoms with Crippen LogP contribution in [0.2, 0.25) is 0 Å². The lowest BCUT2D eigenvalue weighted by atomic mass is 10.7. The molecular formula is C9H13F3O5. The number of rotatable bonds is 2. The van der Waals surface area contributed by atoms with Crippen LogP contribution in [-0.2, 0) is 19.1 Å². The van der Waals surface area contributed by atoms with Gasteiger partial charge in [-0.25, -0.2) is 4.79 Å². The number of carboxylic acids is 1. The molecule has 0 saturated heterocycles. The standard InChI is InChI=1S/C4H6O2.C3H6O.C2HF3O2/c1-3-6-4(2)5;1-3-4-2;3-2(4,5)1(6)7/h3H,1H2,2H3;3H,1H2,2H3;(H,6,7). The summed E-state index contributed by atoms with van der Waals surface area (Å²) in [6.45, 7) is 7.74. The maximum Gasteiger partial charge on any atom is 0.490 e. The third kappa shape index (κ3) is 31.5. The quantitative estimate of drug-likeness (QED) is 0.606. The zero-order valence-corrected chi connectivity index (χ0v) is 9.28. The molecule has 17 heavy (non-hydrogen) atoms. The second kappa shape index (κ2) is 12.1. The monoisotopic (exact) mass is 258 g/mol. The molecule has 0 saturated carbocycles. The van der Waals surface area contributed by atoms with Crippen LogP contribution in [0.5, 0.6) is 0 Å². The van der Waals surface area contributed by atoms with E-state index >= 15 is 0 Å². The fraction of sp³-hybridized carbons (Fsp3) is 0.333. The van der Waals surface area contributed by atoms with Crippen LogP contribution in [-0.4, -0.2) is 30.3 Å². The summed E-state index contributed by atoms with van der Waals surface area (Å²) in [6.07, 6.45) is -2.61. The molecule has 0 aromatic heterocycles. The first-order chi connectivity index (χ1) is 7.63. The third-order valence-electron chi connectivity index (χ3n) is 0.658. The number of carbonyl (C=O) groups excluding carboxylic acids is 1. The van der Waals surface area contributed by atoms with Crippen LogP contribution in [0.15, 0.2) is 25.7 Å². The Morgan fingerprint density at radius 1 is 1.24 bits per heavy atom. The number of hydrogen-bond donors (Lipinski definition) is 1. The summed E-state index contributed by atoms with van der Waals surface area (Å²) in [5.41, 5.74) is 0. The van der Waals surface area contributed by atoms with Crippen molar-refractivity contribution in [3.63, 3.8) is 0 Å². The van der Waals surface area contributed by atoms with Crippen molar-refractivity contribution in [2.75, 3.05) is 7.11 Å². The number of methoxy groups -OCH3 is 1. The highest BCUT2D eigenvalue weighted by Gasteiger charge is 2.38. The molecular weight excluding hydrogens is 245 g/mol. The van der Waals surface area contributed by atoms with Crippen molar-refractivity contribution >= 4 is 11.9 Å². The van der Waals surface area contributed by atoms with Crippen LogP contribution in [0.1, 0.15) is 6.92 Å². The number of carbonyl (C=O) groups is 2. The van der Waals surface area contributed by atoms with E-state index in [9.17, 15) is 18.0 Å². The summed E-state index contributed by atoms with van der Waals surface area (Å²) in [6, 6.07) is 0. The molecule has 0 aromatic rings. The highest BCUT2D eigenvalue weighted by molar-refractivity contribution is 5.73. The number of aliphatic carboxylic acids is 1. The SMILES string of the molecule is C=COC.C=COC(C)=O.O=C(O)C(F)(F)F. The molecule has 0 aromatic carbocycles. The highest BCUT2D eigenvalue weighted by atomic mass is 19.4. The van der Waals surface area contributed by atoms with Gasteiger partial charge in [-0.1, -0.05) is 13.2 Å². The fourth-order valence-electron chi connectivity index (χ4n) is 0.117. The number of ether oxygens (including phenoxy) is 2. The summed E-state index contributed by atoms with van der Waals surface area (Å²) in [4.78, 5) is 18.6. The molecule has 0 aliphatic rings. The van der Waals surface area contributed by atoms with Gasteiger partial charge in [0.2, 0.25) is 0 Å². The average molecular weight is 258 g/mol. The molecule has 0 aliphatic carbocycles. The highest BCUT2D eigenvalue weighted by Crippen LogP contribution is 2.13. The Balaban J connectivity index is -0.000000180. The predicted octanol–water partition coefficient (Wildman–Crippen LogP) is 2.10. The van der Waals surface area contributed by atoms with Crippen LogP contribution < -0.4 is 0 Å². The van der Waals surface area contributed by atoms with Crippen molar-refractivity contribution in [1.29, 1.82) is 0 Å². The molecule has 0 rings (SSSR count). The smallest absolute Gasteiger partial charge is 0.490 e. The summed E-state index contributed by atoms with van der Waals surface area (Å²) in [5, 5.41) is 7.12. The van der Waals surface area contributed by atoms with Gasteiger partial charge in [0.05, 0.1) is 19.6 Å². The number of alkyl halides is 3. The fourth-order valence-corrected chi connectivity index (χ4v) is 0.117. The van der Waals surface area contributed by atoms with Crippen LogP contribution in [0.25, 0.3) is 0 Å². The van der Waals surface area contributed by atoms with E-state index in [0.717, 1.165) is 6.26 Å². The minimum Gasteiger partial charge on any atom is -0.505 e. The Morgan fingerprint density at radius 2 is 1.53 bits per heavy atom. The molecule has 0 bridgehead atoms. The Morgan fingerprint density at radius 3 is 1.53 bits per heavy atom. The number of carboxylic acid groups (broad SMARTS) is 1. The topological polar surface area (TPSA) is 72.8 Å². The number of esters is 1. The molecule has 5 nitrogen and oxygen atoms in total. The van der Waals surface area contributed by atoms with E-state index in [2.05, 4.69) is 22.6 Å². The molecule has 0 heterocycles. The van der Waals surface area contributed by atoms with E-state index in [1.54, 1.807) is 7.11 Å². The second-order valence-corrected chi connectivity index (χ2v) is 1.98. The largest absolute Gasteiger partial charge is 0.505 e. The molecule has 1 N–H and O–H groups in total. The Labute approximate surface area is 96.1 Å². The van der Waals surface area contributed by atoms with Gasteiger partial charge < -0.3 is 14.6 Å². The zero-order valence-electron chi connectivity index (χ0n) is 9.28. The van der Waals surface area contributed by atoms with Gasteiger partial charge in [0.25, 0.3) is 0 Å². The number of hydrogen-bond acceptors (Lipinski definition) is 4. The first kappa shape index (κ1) is 20.4. The summed E-state index contributed by atoms with van der Waals surface area (Å²) < 4.78 is 40.2. The molecule has 100 valence electrons. The minimum absolute atomic E-state index is 0.329. The van der Waals surface area contributed by atoms with Crippen LogP contribution >= 0.6 is 0 Å². The van der Waals surface area contributed by atoms with E-state index in [1.165, 1.54) is 13.2 Å². The lowest BCUT2D eigenvalue weighted by Crippen LogP contribution is -2.21. The second-order valence-electron chi connectivity index (χ2n) is 1.98. The molecule has 0 aliphatic heterocycles. The lowest BCUT2D eigenvalue weighted by Gasteiger charge is -1.93. The van der Waals surface area contributed by atoms with E-state index in [1.807, 2.05) is 0 Å². The van der Waals surface area contributed by atoms with Crippen LogP contribution in [0.4, 0.5) is 13.2 Å². The Bertz CT molecular complexity index is 248. The van der Waals surface area contributed by atoms with Crippen molar-refractivity contribution in [2.45, 2.75) is 13.1 Å². The van der Waals surface area contributed by atoms with Crippen LogP contribution in [0.3, 0.4) is 0 Å². The summed E-state index contributed by atoms with van der Waals surface area (Å²) in [7, 11) is 1.56. The van der Waals surface area contributed by atoms with Gasteiger partial charge in [-0.05, 0) is 0 Å². The van der Waals surface area contributed by atoms with Crippen molar-refractivity contribution in [1.82, 2.24) is 0 Å². The summed E-state index contributed by atoms with van der Waals surface area (Å²) >= 11 is 0. The van der Waals surface area contributed by atoms with E-state index in [-0.39, 0.29) is 5.97 Å². The minimum atomic E-state index is -5.08. The van der Waals surface area contributed by atoms with Gasteiger partial charge in [-0.15, -0.1) is 0 Å². The maximum atomic E-state index is 10.6. The van der Waals surface area contributed by atoms with E-state index in [4.69, 9.17) is 9.90 Å². The summed E-state index contributed by atoms with van der Waals surface area (Å²) in [5.74, 6) is -3.09. The molecule has 0 unspecified atom stereocenters. The van der Waals surface area contributed by atoms with Crippen molar-refractivity contribution in [3.05, 3.63) is 25.7 Å². The van der Waals surface area contributed by atoms with Gasteiger partial charge in [-0.2, -0.15) is 13.2 Å². The molecule has 0 amide bonds. The van der Waals surface area contributed by atoms with Gasteiger partial charge in [-0.3, -0.25) is 4.79 Å². The van der Waals surface area contributed by atoms with E-state index < -0.39 is 12.1 Å². The van der Waals surface area contributed by atoms with Crippen LogP contribution in [0, 0.1) is 0 Å². The number of halogens is 3. The zero-order chi connectivity index (χ0) is 14.5. The lowest BCUT2D eigenvalue weighted by molar-refractivity contribution is -0.192. The normalized spacial score (nSPS) is 8.29. The Hall–Kier alpha value is -1.99. The first-order valence-corrected chi connectivity index (χ1v) is 3.85. The van der Waals surface area contributed by atoms with Gasteiger partial charge in [0, 0.05) is 6.92 Å². The molecule has 0 radical (unpaired) electrons. The Kier molecular flexibility index (Phi) is 14.5. The van der Waals surface area contributed by atoms with Gasteiger partial charge in [0.15, 0.2) is 0 Å².